The molecule has 2 N–H and O–H groups in total. The number of carbonyl (C=O) groups excluding carboxylic acids is 1. The third kappa shape index (κ3) is 3.21. The van der Waals surface area contributed by atoms with Crippen LogP contribution in [0.25, 0.3) is 0 Å². The maximum absolute atomic E-state index is 11.7. The highest BCUT2D eigenvalue weighted by Gasteiger charge is 2.18. The Bertz CT molecular complexity index is 348. The molecule has 1 fully saturated rings. The van der Waals surface area contributed by atoms with Crippen LogP contribution in [0.2, 0.25) is 0 Å². The monoisotopic (exact) mass is 245 g/mol. The topological polar surface area (TPSA) is 67.2 Å². The van der Waals surface area contributed by atoms with E-state index in [0.717, 1.165) is 25.9 Å². The number of nitrogens with zero attached hydrogens (tertiary/aromatic N) is 1. The minimum atomic E-state index is -0.152. The Balaban J connectivity index is 0.00000128. The van der Waals surface area contributed by atoms with Crippen LogP contribution in [0.15, 0.2) is 10.6 Å². The first-order valence-electron chi connectivity index (χ1n) is 5.20. The van der Waals surface area contributed by atoms with Crippen LogP contribution in [0.3, 0.4) is 0 Å². The van der Waals surface area contributed by atoms with Crippen molar-refractivity contribution in [1.29, 1.82) is 0 Å². The van der Waals surface area contributed by atoms with Crippen LogP contribution in [-0.4, -0.2) is 30.2 Å². The molecule has 6 heteroatoms. The highest BCUT2D eigenvalue weighted by molar-refractivity contribution is 5.92. The van der Waals surface area contributed by atoms with Crippen LogP contribution in [0.4, 0.5) is 0 Å². The van der Waals surface area contributed by atoms with Crippen LogP contribution in [-0.2, 0) is 0 Å². The van der Waals surface area contributed by atoms with Gasteiger partial charge in [0.25, 0.3) is 5.91 Å². The van der Waals surface area contributed by atoms with Crippen molar-refractivity contribution in [3.63, 3.8) is 0 Å². The minimum absolute atomic E-state index is 0. The number of hydrogen-bond donors (Lipinski definition) is 2. The molecule has 0 saturated carbocycles. The molecule has 1 aliphatic rings. The number of amides is 1. The van der Waals surface area contributed by atoms with Crippen molar-refractivity contribution in [3.8, 4) is 0 Å². The van der Waals surface area contributed by atoms with Crippen molar-refractivity contribution in [2.45, 2.75) is 25.8 Å². The molecule has 16 heavy (non-hydrogen) atoms. The van der Waals surface area contributed by atoms with Gasteiger partial charge in [-0.3, -0.25) is 4.79 Å². The summed E-state index contributed by atoms with van der Waals surface area (Å²) in [5.41, 5.74) is 0.359. The first-order chi connectivity index (χ1) is 7.25. The lowest BCUT2D eigenvalue weighted by Gasteiger charge is -2.23. The number of aryl methyl sites for hydroxylation is 1. The highest BCUT2D eigenvalue weighted by Crippen LogP contribution is 2.05. The molecule has 1 amide bonds. The Hall–Kier alpha value is -1.07. The van der Waals surface area contributed by atoms with Gasteiger partial charge in [0.2, 0.25) is 0 Å². The summed E-state index contributed by atoms with van der Waals surface area (Å²) in [5, 5.41) is 9.84. The van der Waals surface area contributed by atoms with Crippen LogP contribution < -0.4 is 10.6 Å². The SMILES string of the molecule is Cc1cc(C(=O)NC2CCCNC2)no1.Cl. The molecule has 1 aromatic heterocycles. The van der Waals surface area contributed by atoms with Crippen molar-refractivity contribution in [2.75, 3.05) is 13.1 Å². The number of nitrogens with one attached hydrogen (secondary N) is 2. The molecule has 0 radical (unpaired) electrons. The molecular weight excluding hydrogens is 230 g/mol. The predicted octanol–water partition coefficient (Wildman–Crippen LogP) is 0.887. The van der Waals surface area contributed by atoms with E-state index in [1.165, 1.54) is 0 Å². The molecule has 0 aliphatic carbocycles. The fourth-order valence-corrected chi connectivity index (χ4v) is 1.71. The summed E-state index contributed by atoms with van der Waals surface area (Å²) in [7, 11) is 0. The summed E-state index contributed by atoms with van der Waals surface area (Å²) in [6.45, 7) is 3.64. The standard InChI is InChI=1S/C10H15N3O2.ClH/c1-7-5-9(13-15-7)10(14)12-8-3-2-4-11-6-8;/h5,8,11H,2-4,6H2,1H3,(H,12,14);1H. The lowest BCUT2D eigenvalue weighted by atomic mass is 10.1. The third-order valence-electron chi connectivity index (χ3n) is 2.49. The number of carbonyl (C=O) groups is 1. The maximum Gasteiger partial charge on any atom is 0.273 e. The van der Waals surface area contributed by atoms with Gasteiger partial charge >= 0.3 is 0 Å². The molecule has 1 unspecified atom stereocenters. The second-order valence-electron chi connectivity index (χ2n) is 3.84. The normalized spacial score (nSPS) is 19.9. The van der Waals surface area contributed by atoms with Crippen LogP contribution >= 0.6 is 12.4 Å². The zero-order chi connectivity index (χ0) is 10.7. The molecule has 2 rings (SSSR count). The second-order valence-corrected chi connectivity index (χ2v) is 3.84. The summed E-state index contributed by atoms with van der Waals surface area (Å²) in [5.74, 6) is 0.502. The number of hydrogen-bond acceptors (Lipinski definition) is 4. The molecule has 0 aromatic carbocycles. The van der Waals surface area contributed by atoms with Crippen molar-refractivity contribution in [2.24, 2.45) is 0 Å². The van der Waals surface area contributed by atoms with Gasteiger partial charge in [-0.1, -0.05) is 5.16 Å². The van der Waals surface area contributed by atoms with Gasteiger partial charge in [0, 0.05) is 18.7 Å². The second kappa shape index (κ2) is 5.86. The molecule has 1 aliphatic heterocycles. The van der Waals surface area contributed by atoms with Gasteiger partial charge in [-0.05, 0) is 26.3 Å². The summed E-state index contributed by atoms with van der Waals surface area (Å²) in [6.07, 6.45) is 2.12. The summed E-state index contributed by atoms with van der Waals surface area (Å²) < 4.78 is 4.85. The minimum Gasteiger partial charge on any atom is -0.361 e. The number of rotatable bonds is 2. The van der Waals surface area contributed by atoms with Crippen LogP contribution in [0, 0.1) is 6.92 Å². The van der Waals surface area contributed by atoms with Crippen LogP contribution in [0.5, 0.6) is 0 Å². The van der Waals surface area contributed by atoms with E-state index in [1.54, 1.807) is 13.0 Å². The number of halogens is 1. The van der Waals surface area contributed by atoms with E-state index in [1.807, 2.05) is 0 Å². The Morgan fingerprint density at radius 2 is 2.50 bits per heavy atom. The fraction of sp³-hybridized carbons (Fsp3) is 0.600. The molecule has 0 bridgehead atoms. The van der Waals surface area contributed by atoms with Crippen molar-refractivity contribution in [1.82, 2.24) is 15.8 Å². The summed E-state index contributed by atoms with van der Waals surface area (Å²) in [6, 6.07) is 1.86. The summed E-state index contributed by atoms with van der Waals surface area (Å²) in [4.78, 5) is 11.7. The van der Waals surface area contributed by atoms with Gasteiger partial charge in [0.1, 0.15) is 5.76 Å². The van der Waals surface area contributed by atoms with E-state index in [2.05, 4.69) is 15.8 Å². The van der Waals surface area contributed by atoms with Gasteiger partial charge in [-0.25, -0.2) is 0 Å². The van der Waals surface area contributed by atoms with Gasteiger partial charge in [0.05, 0.1) is 0 Å². The quantitative estimate of drug-likeness (QED) is 0.812. The van der Waals surface area contributed by atoms with E-state index >= 15 is 0 Å². The van der Waals surface area contributed by atoms with Crippen LogP contribution in [0.1, 0.15) is 29.1 Å². The third-order valence-corrected chi connectivity index (χ3v) is 2.49. The van der Waals surface area contributed by atoms with E-state index in [9.17, 15) is 4.79 Å². The van der Waals surface area contributed by atoms with Gasteiger partial charge in [-0.15, -0.1) is 12.4 Å². The molecule has 1 atom stereocenters. The van der Waals surface area contributed by atoms with Crippen molar-refractivity contribution >= 4 is 18.3 Å². The maximum atomic E-state index is 11.7. The first kappa shape index (κ1) is 13.0. The molecule has 5 nitrogen and oxygen atoms in total. The van der Waals surface area contributed by atoms with Gasteiger partial charge in [0.15, 0.2) is 5.69 Å². The molecule has 1 aromatic rings. The van der Waals surface area contributed by atoms with E-state index < -0.39 is 0 Å². The highest BCUT2D eigenvalue weighted by atomic mass is 35.5. The molecule has 2 heterocycles. The summed E-state index contributed by atoms with van der Waals surface area (Å²) >= 11 is 0. The van der Waals surface area contributed by atoms with Gasteiger partial charge in [-0.2, -0.15) is 0 Å². The zero-order valence-electron chi connectivity index (χ0n) is 9.16. The molecule has 90 valence electrons. The largest absolute Gasteiger partial charge is 0.361 e. The number of aromatic nitrogens is 1. The van der Waals surface area contributed by atoms with E-state index in [-0.39, 0.29) is 24.4 Å². The van der Waals surface area contributed by atoms with Gasteiger partial charge < -0.3 is 15.2 Å². The smallest absolute Gasteiger partial charge is 0.273 e. The molecule has 1 saturated heterocycles. The lowest BCUT2D eigenvalue weighted by Crippen LogP contribution is -2.45. The average molecular weight is 246 g/mol. The molecule has 0 spiro atoms. The zero-order valence-corrected chi connectivity index (χ0v) is 9.97. The Labute approximate surface area is 100 Å². The van der Waals surface area contributed by atoms with Crippen molar-refractivity contribution in [3.05, 3.63) is 17.5 Å². The lowest BCUT2D eigenvalue weighted by molar-refractivity contribution is 0.0921. The fourth-order valence-electron chi connectivity index (χ4n) is 1.71. The molecular formula is C10H16ClN3O2. The van der Waals surface area contributed by atoms with Crippen molar-refractivity contribution < 1.29 is 9.32 Å². The Kier molecular flexibility index (Phi) is 4.76. The Morgan fingerprint density at radius 3 is 3.06 bits per heavy atom. The number of piperidine rings is 1. The predicted molar refractivity (Wildman–Crippen MR) is 61.8 cm³/mol. The van der Waals surface area contributed by atoms with E-state index in [4.69, 9.17) is 4.52 Å². The first-order valence-corrected chi connectivity index (χ1v) is 5.20. The van der Waals surface area contributed by atoms with E-state index in [0.29, 0.717) is 11.5 Å². The average Bonchev–Trinajstić information content (AvgIpc) is 2.66. The Morgan fingerprint density at radius 1 is 1.69 bits per heavy atom.